The molecule has 0 aliphatic rings. The smallest absolute Gasteiger partial charge is 0.341 e. The predicted octanol–water partition coefficient (Wildman–Crippen LogP) is 4.95. The molecule has 0 spiro atoms. The van der Waals surface area contributed by atoms with Gasteiger partial charge in [0.15, 0.2) is 0 Å². The van der Waals surface area contributed by atoms with Gasteiger partial charge in [-0.15, -0.1) is 0 Å². The van der Waals surface area contributed by atoms with Crippen molar-refractivity contribution in [3.63, 3.8) is 0 Å². The molecule has 0 aliphatic heterocycles. The van der Waals surface area contributed by atoms with Gasteiger partial charge in [0.1, 0.15) is 17.1 Å². The Bertz CT molecular complexity index is 682. The number of ether oxygens (including phenoxy) is 1. The number of furan rings is 1. The monoisotopic (exact) mass is 347 g/mol. The summed E-state index contributed by atoms with van der Waals surface area (Å²) >= 11 is 17.9. The average Bonchev–Trinajstić information content (AvgIpc) is 2.81. The van der Waals surface area contributed by atoms with Crippen molar-refractivity contribution in [2.75, 3.05) is 12.4 Å². The Hall–Kier alpha value is -1.36. The van der Waals surface area contributed by atoms with Crippen LogP contribution >= 0.6 is 34.8 Å². The van der Waals surface area contributed by atoms with Crippen molar-refractivity contribution < 1.29 is 13.9 Å². The summed E-state index contributed by atoms with van der Waals surface area (Å²) < 4.78 is 10.2. The number of rotatable bonds is 4. The highest BCUT2D eigenvalue weighted by Gasteiger charge is 2.15. The van der Waals surface area contributed by atoms with Gasteiger partial charge >= 0.3 is 5.97 Å². The quantitative estimate of drug-likeness (QED) is 0.627. The van der Waals surface area contributed by atoms with E-state index in [1.54, 1.807) is 25.1 Å². The number of carbonyl (C=O) groups excluding carboxylic acids is 1. The molecule has 21 heavy (non-hydrogen) atoms. The van der Waals surface area contributed by atoms with Crippen molar-refractivity contribution in [1.82, 2.24) is 0 Å². The first-order chi connectivity index (χ1) is 9.92. The molecule has 0 radical (unpaired) electrons. The number of carbonyl (C=O) groups is 1. The maximum absolute atomic E-state index is 11.5. The van der Waals surface area contributed by atoms with Crippen molar-refractivity contribution in [2.45, 2.75) is 13.5 Å². The number of anilines is 1. The van der Waals surface area contributed by atoms with Crippen LogP contribution in [0.1, 0.15) is 21.9 Å². The molecule has 1 aromatic carbocycles. The third-order valence-corrected chi connectivity index (χ3v) is 3.87. The van der Waals surface area contributed by atoms with Crippen LogP contribution < -0.4 is 5.32 Å². The van der Waals surface area contributed by atoms with E-state index in [9.17, 15) is 4.79 Å². The molecule has 2 rings (SSSR count). The third kappa shape index (κ3) is 3.64. The van der Waals surface area contributed by atoms with Gasteiger partial charge in [0.05, 0.1) is 34.4 Å². The fourth-order valence-corrected chi connectivity index (χ4v) is 2.40. The number of halogens is 3. The highest BCUT2D eigenvalue weighted by molar-refractivity contribution is 6.44. The number of nitrogens with one attached hydrogen (secondary N) is 1. The Labute approximate surface area is 136 Å². The molecule has 1 N–H and O–H groups in total. The molecule has 0 aliphatic carbocycles. The number of hydrogen-bond donors (Lipinski definition) is 1. The van der Waals surface area contributed by atoms with E-state index in [4.69, 9.17) is 39.2 Å². The largest absolute Gasteiger partial charge is 0.465 e. The van der Waals surface area contributed by atoms with Crippen LogP contribution in [0.15, 0.2) is 22.6 Å². The fourth-order valence-electron chi connectivity index (χ4n) is 1.78. The van der Waals surface area contributed by atoms with Crippen molar-refractivity contribution in [3.8, 4) is 0 Å². The van der Waals surface area contributed by atoms with Crippen molar-refractivity contribution in [3.05, 3.63) is 50.4 Å². The Morgan fingerprint density at radius 2 is 1.86 bits per heavy atom. The Morgan fingerprint density at radius 1 is 1.19 bits per heavy atom. The van der Waals surface area contributed by atoms with Crippen LogP contribution in [0.25, 0.3) is 0 Å². The fraction of sp³-hybridized carbons (Fsp3) is 0.214. The molecule has 2 aromatic rings. The van der Waals surface area contributed by atoms with Gasteiger partial charge in [-0.3, -0.25) is 0 Å². The molecule has 0 amide bonds. The van der Waals surface area contributed by atoms with Gasteiger partial charge in [0.2, 0.25) is 0 Å². The Kier molecular flexibility index (Phi) is 5.04. The molecular formula is C14H12Cl3NO3. The van der Waals surface area contributed by atoms with Gasteiger partial charge in [-0.05, 0) is 25.1 Å². The number of esters is 1. The zero-order valence-corrected chi connectivity index (χ0v) is 13.6. The van der Waals surface area contributed by atoms with E-state index in [0.717, 1.165) is 0 Å². The van der Waals surface area contributed by atoms with E-state index >= 15 is 0 Å². The summed E-state index contributed by atoms with van der Waals surface area (Å²) in [5.74, 6) is 0.643. The molecule has 0 atom stereocenters. The number of benzene rings is 1. The second-order valence-corrected chi connectivity index (χ2v) is 5.50. The van der Waals surface area contributed by atoms with E-state index in [0.29, 0.717) is 44.4 Å². The minimum atomic E-state index is -0.435. The van der Waals surface area contributed by atoms with Gasteiger partial charge in [0, 0.05) is 0 Å². The summed E-state index contributed by atoms with van der Waals surface area (Å²) in [7, 11) is 1.32. The molecule has 7 heteroatoms. The lowest BCUT2D eigenvalue weighted by Crippen LogP contribution is -2.01. The van der Waals surface area contributed by atoms with Gasteiger partial charge in [-0.1, -0.05) is 34.8 Å². The highest BCUT2D eigenvalue weighted by Crippen LogP contribution is 2.32. The zero-order chi connectivity index (χ0) is 15.6. The lowest BCUT2D eigenvalue weighted by atomic mass is 10.2. The van der Waals surface area contributed by atoms with E-state index in [2.05, 4.69) is 10.1 Å². The third-order valence-electron chi connectivity index (χ3n) is 2.84. The van der Waals surface area contributed by atoms with Crippen LogP contribution in [0.4, 0.5) is 5.69 Å². The summed E-state index contributed by atoms with van der Waals surface area (Å²) in [6.45, 7) is 2.04. The standard InChI is InChI=1S/C14H12Cl3NO3/c1-7-9(14(19)20-2)3-8(21-7)6-18-13-5-11(16)10(15)4-12(13)17/h3-5,18H,6H2,1-2H3. The maximum atomic E-state index is 11.5. The molecule has 112 valence electrons. The molecule has 0 saturated carbocycles. The summed E-state index contributed by atoms with van der Waals surface area (Å²) in [6, 6.07) is 4.81. The van der Waals surface area contributed by atoms with E-state index < -0.39 is 5.97 Å². The number of hydrogen-bond acceptors (Lipinski definition) is 4. The molecule has 0 saturated heterocycles. The minimum Gasteiger partial charge on any atom is -0.465 e. The van der Waals surface area contributed by atoms with Crippen molar-refractivity contribution >= 4 is 46.5 Å². The lowest BCUT2D eigenvalue weighted by molar-refractivity contribution is 0.0599. The van der Waals surface area contributed by atoms with Crippen LogP contribution in [-0.4, -0.2) is 13.1 Å². The van der Waals surface area contributed by atoms with Crippen LogP contribution in [-0.2, 0) is 11.3 Å². The van der Waals surface area contributed by atoms with Crippen LogP contribution in [0.2, 0.25) is 15.1 Å². The van der Waals surface area contributed by atoms with Gasteiger partial charge in [-0.25, -0.2) is 4.79 Å². The van der Waals surface area contributed by atoms with Crippen LogP contribution in [0.3, 0.4) is 0 Å². The van der Waals surface area contributed by atoms with Crippen LogP contribution in [0, 0.1) is 6.92 Å². The average molecular weight is 349 g/mol. The molecule has 1 heterocycles. The molecular weight excluding hydrogens is 337 g/mol. The first kappa shape index (κ1) is 16.0. The molecule has 0 bridgehead atoms. The predicted molar refractivity (Wildman–Crippen MR) is 83.6 cm³/mol. The first-order valence-corrected chi connectivity index (χ1v) is 7.11. The summed E-state index contributed by atoms with van der Waals surface area (Å²) in [6.07, 6.45) is 0. The second-order valence-electron chi connectivity index (χ2n) is 4.27. The number of methoxy groups -OCH3 is 1. The summed E-state index contributed by atoms with van der Waals surface area (Å²) in [5, 5.41) is 4.30. The first-order valence-electron chi connectivity index (χ1n) is 5.98. The molecule has 1 aromatic heterocycles. The maximum Gasteiger partial charge on any atom is 0.341 e. The normalized spacial score (nSPS) is 10.5. The summed E-state index contributed by atoms with van der Waals surface area (Å²) in [4.78, 5) is 11.5. The van der Waals surface area contributed by atoms with E-state index in [1.165, 1.54) is 7.11 Å². The van der Waals surface area contributed by atoms with Gasteiger partial charge in [0.25, 0.3) is 0 Å². The van der Waals surface area contributed by atoms with Gasteiger partial charge < -0.3 is 14.5 Å². The van der Waals surface area contributed by atoms with Gasteiger partial charge in [-0.2, -0.15) is 0 Å². The summed E-state index contributed by atoms with van der Waals surface area (Å²) in [5.41, 5.74) is 1.02. The van der Waals surface area contributed by atoms with Crippen LogP contribution in [0.5, 0.6) is 0 Å². The highest BCUT2D eigenvalue weighted by atomic mass is 35.5. The van der Waals surface area contributed by atoms with Crippen molar-refractivity contribution in [1.29, 1.82) is 0 Å². The molecule has 0 unspecified atom stereocenters. The van der Waals surface area contributed by atoms with Crippen molar-refractivity contribution in [2.24, 2.45) is 0 Å². The lowest BCUT2D eigenvalue weighted by Gasteiger charge is -2.08. The SMILES string of the molecule is COC(=O)c1cc(CNc2cc(Cl)c(Cl)cc2Cl)oc1C. The Balaban J connectivity index is 2.14. The number of aryl methyl sites for hydroxylation is 1. The van der Waals surface area contributed by atoms with E-state index in [-0.39, 0.29) is 0 Å². The molecule has 4 nitrogen and oxygen atoms in total. The van der Waals surface area contributed by atoms with E-state index in [1.807, 2.05) is 0 Å². The minimum absolute atomic E-state index is 0.343. The Morgan fingerprint density at radius 3 is 2.52 bits per heavy atom. The zero-order valence-electron chi connectivity index (χ0n) is 11.3. The second kappa shape index (κ2) is 6.60. The molecule has 0 fully saturated rings. The topological polar surface area (TPSA) is 51.5 Å².